The second-order valence-corrected chi connectivity index (χ2v) is 7.54. The molecule has 19 heavy (non-hydrogen) atoms. The molecule has 0 aliphatic rings. The van der Waals surface area contributed by atoms with Crippen molar-refractivity contribution in [1.29, 1.82) is 0 Å². The lowest BCUT2D eigenvalue weighted by atomic mass is 9.95. The predicted octanol–water partition coefficient (Wildman–Crippen LogP) is 2.61. The molecule has 1 N–H and O–H groups in total. The molecule has 0 unspecified atom stereocenters. The van der Waals surface area contributed by atoms with Crippen LogP contribution in [0.25, 0.3) is 0 Å². The van der Waals surface area contributed by atoms with Crippen LogP contribution in [-0.2, 0) is 13.8 Å². The van der Waals surface area contributed by atoms with Crippen molar-refractivity contribution in [2.24, 2.45) is 5.41 Å². The van der Waals surface area contributed by atoms with E-state index in [2.05, 4.69) is 5.32 Å². The number of amides is 1. The van der Waals surface area contributed by atoms with Gasteiger partial charge in [-0.3, -0.25) is 4.79 Å². The maximum Gasteiger partial charge on any atom is 0.264 e. The first-order chi connectivity index (χ1) is 8.55. The smallest absolute Gasteiger partial charge is 0.264 e. The number of rotatable bonds is 3. The Labute approximate surface area is 117 Å². The summed E-state index contributed by atoms with van der Waals surface area (Å²) in [7, 11) is 2.72. The standard InChI is InChI=1S/C12H16ClNO4S/c1-12(2,3)11(15)14-8-5-6-10(19(13,16)17)9(7-8)18-4/h5-7H,1-4H3,(H,14,15). The van der Waals surface area contributed by atoms with Crippen LogP contribution in [0.3, 0.4) is 0 Å². The number of halogens is 1. The first-order valence-corrected chi connectivity index (χ1v) is 7.81. The van der Waals surface area contributed by atoms with Gasteiger partial charge in [0.1, 0.15) is 10.6 Å². The van der Waals surface area contributed by atoms with Crippen LogP contribution in [0.4, 0.5) is 5.69 Å². The van der Waals surface area contributed by atoms with Gasteiger partial charge in [-0.1, -0.05) is 20.8 Å². The van der Waals surface area contributed by atoms with Crippen molar-refractivity contribution >= 4 is 31.3 Å². The number of ether oxygens (including phenoxy) is 1. The summed E-state index contributed by atoms with van der Waals surface area (Å²) >= 11 is 0. The van der Waals surface area contributed by atoms with Crippen molar-refractivity contribution < 1.29 is 17.9 Å². The highest BCUT2D eigenvalue weighted by molar-refractivity contribution is 8.13. The van der Waals surface area contributed by atoms with Gasteiger partial charge >= 0.3 is 0 Å². The average Bonchev–Trinajstić information content (AvgIpc) is 2.26. The lowest BCUT2D eigenvalue weighted by Gasteiger charge is -2.18. The Morgan fingerprint density at radius 1 is 1.32 bits per heavy atom. The fourth-order valence-electron chi connectivity index (χ4n) is 1.27. The number of carbonyl (C=O) groups is 1. The van der Waals surface area contributed by atoms with E-state index >= 15 is 0 Å². The SMILES string of the molecule is COc1cc(NC(=O)C(C)(C)C)ccc1S(=O)(=O)Cl. The molecule has 7 heteroatoms. The molecule has 0 aliphatic carbocycles. The van der Waals surface area contributed by atoms with E-state index in [-0.39, 0.29) is 16.6 Å². The molecule has 0 saturated carbocycles. The summed E-state index contributed by atoms with van der Waals surface area (Å²) in [5.74, 6) is -0.0993. The van der Waals surface area contributed by atoms with Crippen molar-refractivity contribution in [3.63, 3.8) is 0 Å². The molecular weight excluding hydrogens is 290 g/mol. The molecule has 0 radical (unpaired) electrons. The number of benzene rings is 1. The topological polar surface area (TPSA) is 72.5 Å². The van der Waals surface area contributed by atoms with E-state index in [0.717, 1.165) is 0 Å². The molecule has 0 aromatic heterocycles. The Morgan fingerprint density at radius 3 is 2.32 bits per heavy atom. The third-order valence-electron chi connectivity index (χ3n) is 2.37. The van der Waals surface area contributed by atoms with Gasteiger partial charge in [0.2, 0.25) is 5.91 Å². The maximum atomic E-state index is 11.8. The second kappa shape index (κ2) is 5.38. The zero-order valence-electron chi connectivity index (χ0n) is 11.2. The zero-order chi connectivity index (χ0) is 14.8. The van der Waals surface area contributed by atoms with Crippen LogP contribution in [-0.4, -0.2) is 21.4 Å². The van der Waals surface area contributed by atoms with E-state index in [0.29, 0.717) is 5.69 Å². The van der Waals surface area contributed by atoms with Crippen LogP contribution in [0.5, 0.6) is 5.75 Å². The van der Waals surface area contributed by atoms with Crippen LogP contribution in [0.1, 0.15) is 20.8 Å². The second-order valence-electron chi connectivity index (χ2n) is 5.01. The van der Waals surface area contributed by atoms with E-state index in [4.69, 9.17) is 15.4 Å². The molecule has 0 bridgehead atoms. The monoisotopic (exact) mass is 305 g/mol. The third kappa shape index (κ3) is 4.11. The summed E-state index contributed by atoms with van der Waals surface area (Å²) in [5.41, 5.74) is -0.106. The summed E-state index contributed by atoms with van der Waals surface area (Å²) in [6.07, 6.45) is 0. The normalized spacial score (nSPS) is 12.1. The van der Waals surface area contributed by atoms with E-state index in [1.165, 1.54) is 25.3 Å². The van der Waals surface area contributed by atoms with Gasteiger partial charge in [0.25, 0.3) is 9.05 Å². The summed E-state index contributed by atoms with van der Waals surface area (Å²) in [6, 6.07) is 4.17. The molecule has 0 aliphatic heterocycles. The highest BCUT2D eigenvalue weighted by Crippen LogP contribution is 2.30. The Kier molecular flexibility index (Phi) is 4.47. The molecule has 106 valence electrons. The first-order valence-electron chi connectivity index (χ1n) is 5.50. The molecule has 5 nitrogen and oxygen atoms in total. The van der Waals surface area contributed by atoms with Crippen molar-refractivity contribution in [1.82, 2.24) is 0 Å². The van der Waals surface area contributed by atoms with Gasteiger partial charge in [-0.2, -0.15) is 0 Å². The van der Waals surface area contributed by atoms with Gasteiger partial charge in [-0.25, -0.2) is 8.42 Å². The van der Waals surface area contributed by atoms with E-state index in [1.807, 2.05) is 0 Å². The molecule has 0 fully saturated rings. The number of anilines is 1. The highest BCUT2D eigenvalue weighted by Gasteiger charge is 2.22. The average molecular weight is 306 g/mol. The lowest BCUT2D eigenvalue weighted by Crippen LogP contribution is -2.27. The van der Waals surface area contributed by atoms with E-state index in [9.17, 15) is 13.2 Å². The Hall–Kier alpha value is -1.27. The van der Waals surface area contributed by atoms with Crippen LogP contribution in [0.2, 0.25) is 0 Å². The molecule has 0 saturated heterocycles. The minimum absolute atomic E-state index is 0.0849. The fourth-order valence-corrected chi connectivity index (χ4v) is 2.26. The molecule has 1 aromatic rings. The van der Waals surface area contributed by atoms with E-state index in [1.54, 1.807) is 20.8 Å². The minimum Gasteiger partial charge on any atom is -0.495 e. The quantitative estimate of drug-likeness (QED) is 0.871. The zero-order valence-corrected chi connectivity index (χ0v) is 12.7. The number of hydrogen-bond acceptors (Lipinski definition) is 4. The summed E-state index contributed by atoms with van der Waals surface area (Å²) in [6.45, 7) is 5.32. The van der Waals surface area contributed by atoms with Crippen molar-refractivity contribution in [3.05, 3.63) is 18.2 Å². The number of methoxy groups -OCH3 is 1. The Bertz CT molecular complexity index is 590. The van der Waals surface area contributed by atoms with Gasteiger partial charge in [0.15, 0.2) is 0 Å². The van der Waals surface area contributed by atoms with Crippen LogP contribution in [0, 0.1) is 5.41 Å². The van der Waals surface area contributed by atoms with Crippen molar-refractivity contribution in [2.45, 2.75) is 25.7 Å². The summed E-state index contributed by atoms with van der Waals surface area (Å²) in [4.78, 5) is 11.7. The largest absolute Gasteiger partial charge is 0.495 e. The Morgan fingerprint density at radius 2 is 1.89 bits per heavy atom. The van der Waals surface area contributed by atoms with Crippen LogP contribution >= 0.6 is 10.7 Å². The van der Waals surface area contributed by atoms with Gasteiger partial charge in [0.05, 0.1) is 7.11 Å². The molecular formula is C12H16ClNO4S. The van der Waals surface area contributed by atoms with Crippen molar-refractivity contribution in [3.8, 4) is 5.75 Å². The molecule has 1 rings (SSSR count). The number of nitrogens with one attached hydrogen (secondary N) is 1. The third-order valence-corrected chi connectivity index (χ3v) is 3.73. The number of carbonyl (C=O) groups excluding carboxylic acids is 1. The molecule has 0 heterocycles. The lowest BCUT2D eigenvalue weighted by molar-refractivity contribution is -0.123. The van der Waals surface area contributed by atoms with Gasteiger partial charge < -0.3 is 10.1 Å². The van der Waals surface area contributed by atoms with Crippen molar-refractivity contribution in [2.75, 3.05) is 12.4 Å². The first kappa shape index (κ1) is 15.8. The number of hydrogen-bond donors (Lipinski definition) is 1. The summed E-state index contributed by atoms with van der Waals surface area (Å²) < 4.78 is 27.6. The highest BCUT2D eigenvalue weighted by atomic mass is 35.7. The predicted molar refractivity (Wildman–Crippen MR) is 74.1 cm³/mol. The molecule has 1 aromatic carbocycles. The van der Waals surface area contributed by atoms with Gasteiger partial charge in [-0.15, -0.1) is 0 Å². The van der Waals surface area contributed by atoms with Crippen LogP contribution < -0.4 is 10.1 Å². The minimum atomic E-state index is -3.88. The summed E-state index contributed by atoms with van der Waals surface area (Å²) in [5, 5.41) is 2.68. The van der Waals surface area contributed by atoms with Crippen LogP contribution in [0.15, 0.2) is 23.1 Å². The molecule has 1 amide bonds. The molecule has 0 spiro atoms. The molecule has 0 atom stereocenters. The maximum absolute atomic E-state index is 11.8. The van der Waals surface area contributed by atoms with E-state index < -0.39 is 14.5 Å². The fraction of sp³-hybridized carbons (Fsp3) is 0.417. The van der Waals surface area contributed by atoms with Gasteiger partial charge in [0, 0.05) is 27.9 Å². The van der Waals surface area contributed by atoms with Gasteiger partial charge in [-0.05, 0) is 12.1 Å². The Balaban J connectivity index is 3.12.